The number of benzene rings is 2. The molecule has 0 saturated carbocycles. The Morgan fingerprint density at radius 3 is 2.62 bits per heavy atom. The molecule has 1 heterocycles. The minimum Gasteiger partial charge on any atom is -0.378 e. The summed E-state index contributed by atoms with van der Waals surface area (Å²) in [4.78, 5) is 6.65. The Morgan fingerprint density at radius 2 is 1.92 bits per heavy atom. The highest BCUT2D eigenvalue weighted by atomic mass is 32.1. The van der Waals surface area contributed by atoms with E-state index in [0.717, 1.165) is 22.0 Å². The largest absolute Gasteiger partial charge is 0.378 e. The van der Waals surface area contributed by atoms with Crippen LogP contribution < -0.4 is 10.3 Å². The third-order valence-corrected chi connectivity index (χ3v) is 4.45. The second-order valence-corrected chi connectivity index (χ2v) is 6.57. The number of nitrogens with zero attached hydrogens (tertiary/aromatic N) is 3. The zero-order valence-electron chi connectivity index (χ0n) is 14.0. The molecule has 0 fully saturated rings. The van der Waals surface area contributed by atoms with Gasteiger partial charge in [-0.05, 0) is 30.2 Å². The van der Waals surface area contributed by atoms with Crippen molar-refractivity contribution in [2.24, 2.45) is 5.10 Å². The van der Waals surface area contributed by atoms with Crippen LogP contribution in [-0.4, -0.2) is 25.3 Å². The van der Waals surface area contributed by atoms with Gasteiger partial charge in [0.05, 0.1) is 11.9 Å². The van der Waals surface area contributed by atoms with Crippen LogP contribution in [0, 0.1) is 6.92 Å². The number of thiazole rings is 1. The number of hydrogen-bond acceptors (Lipinski definition) is 5. The Hall–Kier alpha value is -2.66. The molecule has 1 aromatic heterocycles. The molecule has 0 spiro atoms. The predicted octanol–water partition coefficient (Wildman–Crippen LogP) is 4.63. The molecular weight excluding hydrogens is 316 g/mol. The fourth-order valence-electron chi connectivity index (χ4n) is 2.31. The Kier molecular flexibility index (Phi) is 4.91. The Bertz CT molecular complexity index is 838. The normalized spacial score (nSPS) is 11.0. The molecular formula is C19H20N4S. The van der Waals surface area contributed by atoms with Crippen LogP contribution in [0.5, 0.6) is 0 Å². The van der Waals surface area contributed by atoms with Crippen LogP contribution in [0.1, 0.15) is 11.1 Å². The minimum atomic E-state index is 0.785. The maximum Gasteiger partial charge on any atom is 0.203 e. The van der Waals surface area contributed by atoms with E-state index in [-0.39, 0.29) is 0 Å². The third-order valence-electron chi connectivity index (χ3n) is 3.71. The van der Waals surface area contributed by atoms with Crippen molar-refractivity contribution in [3.05, 3.63) is 65.0 Å². The molecule has 0 radical (unpaired) electrons. The summed E-state index contributed by atoms with van der Waals surface area (Å²) >= 11 is 1.55. The van der Waals surface area contributed by atoms with Crippen LogP contribution in [0.4, 0.5) is 10.8 Å². The maximum absolute atomic E-state index is 4.56. The van der Waals surface area contributed by atoms with Crippen molar-refractivity contribution in [3.8, 4) is 11.3 Å². The van der Waals surface area contributed by atoms with Crippen LogP contribution in [0.3, 0.4) is 0 Å². The molecule has 0 atom stereocenters. The number of aromatic nitrogens is 1. The molecule has 0 aliphatic carbocycles. The van der Waals surface area contributed by atoms with E-state index in [1.165, 1.54) is 11.3 Å². The van der Waals surface area contributed by atoms with Gasteiger partial charge in [-0.25, -0.2) is 4.98 Å². The Labute approximate surface area is 146 Å². The number of hydrazone groups is 1. The monoisotopic (exact) mass is 336 g/mol. The lowest BCUT2D eigenvalue weighted by Gasteiger charge is -2.13. The summed E-state index contributed by atoms with van der Waals surface area (Å²) in [5.41, 5.74) is 8.56. The van der Waals surface area contributed by atoms with Gasteiger partial charge in [0.25, 0.3) is 0 Å². The van der Waals surface area contributed by atoms with Gasteiger partial charge < -0.3 is 4.90 Å². The van der Waals surface area contributed by atoms with E-state index in [9.17, 15) is 0 Å². The molecule has 0 saturated heterocycles. The molecule has 0 unspecified atom stereocenters. The average molecular weight is 336 g/mol. The van der Waals surface area contributed by atoms with Gasteiger partial charge in [0.15, 0.2) is 0 Å². The number of hydrogen-bond donors (Lipinski definition) is 1. The van der Waals surface area contributed by atoms with E-state index in [0.29, 0.717) is 0 Å². The second kappa shape index (κ2) is 7.27. The molecule has 0 amide bonds. The van der Waals surface area contributed by atoms with Crippen molar-refractivity contribution in [1.82, 2.24) is 4.98 Å². The number of aryl methyl sites for hydroxylation is 1. The first-order valence-corrected chi connectivity index (χ1v) is 8.59. The second-order valence-electron chi connectivity index (χ2n) is 5.71. The molecule has 4 nitrogen and oxygen atoms in total. The summed E-state index contributed by atoms with van der Waals surface area (Å²) in [6, 6.07) is 16.5. The van der Waals surface area contributed by atoms with E-state index in [1.54, 1.807) is 11.3 Å². The Morgan fingerprint density at radius 1 is 1.12 bits per heavy atom. The molecule has 0 aliphatic heterocycles. The summed E-state index contributed by atoms with van der Waals surface area (Å²) in [6.07, 6.45) is 1.83. The number of nitrogens with one attached hydrogen (secondary N) is 1. The smallest absolute Gasteiger partial charge is 0.203 e. The first-order chi connectivity index (χ1) is 11.6. The summed E-state index contributed by atoms with van der Waals surface area (Å²) in [6.45, 7) is 2.09. The lowest BCUT2D eigenvalue weighted by molar-refractivity contribution is 1.13. The fraction of sp³-hybridized carbons (Fsp3) is 0.158. The first-order valence-electron chi connectivity index (χ1n) is 7.71. The van der Waals surface area contributed by atoms with Crippen LogP contribution in [0.15, 0.2) is 59.0 Å². The summed E-state index contributed by atoms with van der Waals surface area (Å²) in [7, 11) is 4.08. The standard InChI is InChI=1S/C19H20N4S/c1-14-11-17(23(2)3)10-9-16(14)12-20-22-19-21-18(13-24-19)15-7-5-4-6-8-15/h4-13H,1-3H3,(H,21,22). The SMILES string of the molecule is Cc1cc(N(C)C)ccc1C=NNc1nc(-c2ccccc2)cs1. The minimum absolute atomic E-state index is 0.785. The molecule has 0 aliphatic rings. The summed E-state index contributed by atoms with van der Waals surface area (Å²) in [5.74, 6) is 0. The zero-order valence-corrected chi connectivity index (χ0v) is 14.8. The van der Waals surface area contributed by atoms with Crippen molar-refractivity contribution in [2.45, 2.75) is 6.92 Å². The van der Waals surface area contributed by atoms with Crippen molar-refractivity contribution in [1.29, 1.82) is 0 Å². The van der Waals surface area contributed by atoms with E-state index >= 15 is 0 Å². The summed E-state index contributed by atoms with van der Waals surface area (Å²) in [5, 5.41) is 7.13. The number of anilines is 2. The fourth-order valence-corrected chi connectivity index (χ4v) is 2.98. The van der Waals surface area contributed by atoms with Gasteiger partial charge in [0, 0.05) is 30.7 Å². The van der Waals surface area contributed by atoms with Crippen LogP contribution in [0.2, 0.25) is 0 Å². The lowest BCUT2D eigenvalue weighted by Crippen LogP contribution is -2.08. The molecule has 3 aromatic rings. The Balaban J connectivity index is 1.68. The molecule has 2 aromatic carbocycles. The third kappa shape index (κ3) is 3.81. The van der Waals surface area contributed by atoms with E-state index in [2.05, 4.69) is 57.7 Å². The van der Waals surface area contributed by atoms with E-state index in [4.69, 9.17) is 0 Å². The highest BCUT2D eigenvalue weighted by molar-refractivity contribution is 7.14. The molecule has 122 valence electrons. The van der Waals surface area contributed by atoms with Gasteiger partial charge in [-0.2, -0.15) is 5.10 Å². The number of rotatable bonds is 5. The van der Waals surface area contributed by atoms with Gasteiger partial charge in [-0.3, -0.25) is 5.43 Å². The van der Waals surface area contributed by atoms with Gasteiger partial charge >= 0.3 is 0 Å². The first kappa shape index (κ1) is 16.2. The van der Waals surface area contributed by atoms with Gasteiger partial charge in [-0.15, -0.1) is 11.3 Å². The topological polar surface area (TPSA) is 40.5 Å². The zero-order chi connectivity index (χ0) is 16.9. The average Bonchev–Trinajstić information content (AvgIpc) is 3.06. The van der Waals surface area contributed by atoms with Crippen molar-refractivity contribution < 1.29 is 0 Å². The highest BCUT2D eigenvalue weighted by Gasteiger charge is 2.03. The lowest BCUT2D eigenvalue weighted by atomic mass is 10.1. The molecule has 24 heavy (non-hydrogen) atoms. The van der Waals surface area contributed by atoms with E-state index in [1.807, 2.05) is 43.9 Å². The van der Waals surface area contributed by atoms with Crippen molar-refractivity contribution in [2.75, 3.05) is 24.4 Å². The molecule has 1 N–H and O–H groups in total. The van der Waals surface area contributed by atoms with Gasteiger partial charge in [-0.1, -0.05) is 36.4 Å². The molecule has 5 heteroatoms. The van der Waals surface area contributed by atoms with Crippen LogP contribution in [0.25, 0.3) is 11.3 Å². The predicted molar refractivity (Wildman–Crippen MR) is 104 cm³/mol. The maximum atomic E-state index is 4.56. The van der Waals surface area contributed by atoms with Crippen molar-refractivity contribution in [3.63, 3.8) is 0 Å². The van der Waals surface area contributed by atoms with Gasteiger partial charge in [0.1, 0.15) is 0 Å². The molecule has 0 bridgehead atoms. The summed E-state index contributed by atoms with van der Waals surface area (Å²) < 4.78 is 0. The quantitative estimate of drug-likeness (QED) is 0.545. The van der Waals surface area contributed by atoms with Crippen LogP contribution >= 0.6 is 11.3 Å². The van der Waals surface area contributed by atoms with E-state index < -0.39 is 0 Å². The van der Waals surface area contributed by atoms with Crippen molar-refractivity contribution >= 4 is 28.4 Å². The van der Waals surface area contributed by atoms with Gasteiger partial charge in [0.2, 0.25) is 5.13 Å². The van der Waals surface area contributed by atoms with Crippen LogP contribution in [-0.2, 0) is 0 Å². The molecule has 3 rings (SSSR count). The highest BCUT2D eigenvalue weighted by Crippen LogP contribution is 2.24.